The monoisotopic (exact) mass is 302 g/mol. The van der Waals surface area contributed by atoms with Gasteiger partial charge in [-0.1, -0.05) is 30.3 Å². The maximum atomic E-state index is 11.9. The molecule has 6 heteroatoms. The Labute approximate surface area is 128 Å². The van der Waals surface area contributed by atoms with Crippen LogP contribution in [0, 0.1) is 0 Å². The number of nitrogens with zero attached hydrogens (tertiary/aromatic N) is 1. The van der Waals surface area contributed by atoms with E-state index in [9.17, 15) is 9.59 Å². The highest BCUT2D eigenvalue weighted by Crippen LogP contribution is 2.17. The molecule has 0 saturated carbocycles. The van der Waals surface area contributed by atoms with Crippen molar-refractivity contribution in [2.75, 3.05) is 0 Å². The van der Waals surface area contributed by atoms with Gasteiger partial charge in [-0.3, -0.25) is 4.79 Å². The van der Waals surface area contributed by atoms with Gasteiger partial charge in [0.25, 0.3) is 0 Å². The predicted octanol–water partition coefficient (Wildman–Crippen LogP) is 2.47. The van der Waals surface area contributed by atoms with Gasteiger partial charge in [-0.15, -0.1) is 0 Å². The van der Waals surface area contributed by atoms with Gasteiger partial charge < -0.3 is 19.7 Å². The molecule has 0 fully saturated rings. The lowest BCUT2D eigenvalue weighted by Gasteiger charge is -2.18. The summed E-state index contributed by atoms with van der Waals surface area (Å²) in [4.78, 5) is 22.9. The first kappa shape index (κ1) is 15.6. The molecular formula is C16H18N2O4. The molecule has 1 heterocycles. The van der Waals surface area contributed by atoms with Crippen LogP contribution in [0.15, 0.2) is 48.7 Å². The Morgan fingerprint density at radius 3 is 2.55 bits per heavy atom. The van der Waals surface area contributed by atoms with E-state index in [2.05, 4.69) is 5.32 Å². The van der Waals surface area contributed by atoms with Crippen LogP contribution in [0.25, 0.3) is 0 Å². The molecule has 0 aliphatic rings. The van der Waals surface area contributed by atoms with Gasteiger partial charge in [0.2, 0.25) is 0 Å². The molecule has 0 aliphatic carbocycles. The molecule has 0 unspecified atom stereocenters. The standard InChI is InChI=1S/C16H18N2O4/c1-18-9-5-8-14(18)13(10-15(19)20)17-16(21)22-11-12-6-3-2-4-7-12/h2-9,13H,10-11H2,1H3,(H,17,21)(H,19,20)/t13-/m0/s1. The number of rotatable bonds is 6. The first-order valence-corrected chi connectivity index (χ1v) is 6.86. The smallest absolute Gasteiger partial charge is 0.408 e. The fourth-order valence-corrected chi connectivity index (χ4v) is 2.15. The highest BCUT2D eigenvalue weighted by atomic mass is 16.5. The third kappa shape index (κ3) is 4.37. The number of carboxylic acids is 1. The topological polar surface area (TPSA) is 80.6 Å². The second-order valence-corrected chi connectivity index (χ2v) is 4.90. The van der Waals surface area contributed by atoms with Gasteiger partial charge >= 0.3 is 12.1 Å². The average molecular weight is 302 g/mol. The van der Waals surface area contributed by atoms with Crippen molar-refractivity contribution in [1.29, 1.82) is 0 Å². The zero-order valence-corrected chi connectivity index (χ0v) is 12.2. The molecule has 2 rings (SSSR count). The summed E-state index contributed by atoms with van der Waals surface area (Å²) in [6.07, 6.45) is 0.940. The lowest BCUT2D eigenvalue weighted by molar-refractivity contribution is -0.137. The minimum atomic E-state index is -0.991. The van der Waals surface area contributed by atoms with Crippen molar-refractivity contribution in [3.63, 3.8) is 0 Å². The fraction of sp³-hybridized carbons (Fsp3) is 0.250. The molecule has 0 radical (unpaired) electrons. The molecule has 2 aromatic rings. The van der Waals surface area contributed by atoms with E-state index in [1.165, 1.54) is 0 Å². The minimum Gasteiger partial charge on any atom is -0.481 e. The summed E-state index contributed by atoms with van der Waals surface area (Å²) in [5.41, 5.74) is 1.57. The summed E-state index contributed by atoms with van der Waals surface area (Å²) < 4.78 is 6.89. The first-order chi connectivity index (χ1) is 10.6. The lowest BCUT2D eigenvalue weighted by atomic mass is 10.1. The number of hydrogen-bond donors (Lipinski definition) is 2. The van der Waals surface area contributed by atoms with Gasteiger partial charge in [-0.2, -0.15) is 0 Å². The van der Waals surface area contributed by atoms with Crippen molar-refractivity contribution < 1.29 is 19.4 Å². The fourth-order valence-electron chi connectivity index (χ4n) is 2.15. The number of carbonyl (C=O) groups is 2. The molecule has 1 aromatic carbocycles. The van der Waals surface area contributed by atoms with Crippen LogP contribution < -0.4 is 5.32 Å². The van der Waals surface area contributed by atoms with E-state index < -0.39 is 18.1 Å². The number of aryl methyl sites for hydroxylation is 1. The van der Waals surface area contributed by atoms with Gasteiger partial charge in [0, 0.05) is 18.9 Å². The van der Waals surface area contributed by atoms with E-state index in [1.54, 1.807) is 29.9 Å². The maximum absolute atomic E-state index is 11.9. The quantitative estimate of drug-likeness (QED) is 0.859. The molecule has 1 aromatic heterocycles. The number of hydrogen-bond acceptors (Lipinski definition) is 3. The predicted molar refractivity (Wildman–Crippen MR) is 80.2 cm³/mol. The van der Waals surface area contributed by atoms with Crippen LogP contribution in [0.4, 0.5) is 4.79 Å². The number of amides is 1. The van der Waals surface area contributed by atoms with E-state index in [0.717, 1.165) is 5.56 Å². The van der Waals surface area contributed by atoms with E-state index in [4.69, 9.17) is 9.84 Å². The summed E-state index contributed by atoms with van der Waals surface area (Å²) in [6, 6.07) is 12.2. The summed E-state index contributed by atoms with van der Waals surface area (Å²) in [5.74, 6) is -0.991. The van der Waals surface area contributed by atoms with E-state index in [1.807, 2.05) is 30.3 Å². The van der Waals surface area contributed by atoms with E-state index in [-0.39, 0.29) is 13.0 Å². The van der Waals surface area contributed by atoms with Crippen molar-refractivity contribution in [3.8, 4) is 0 Å². The summed E-state index contributed by atoms with van der Waals surface area (Å²) in [7, 11) is 1.79. The summed E-state index contributed by atoms with van der Waals surface area (Å²) in [5, 5.41) is 11.6. The van der Waals surface area contributed by atoms with Gasteiger partial charge in [-0.25, -0.2) is 4.79 Å². The molecular weight excluding hydrogens is 284 g/mol. The van der Waals surface area contributed by atoms with Crippen molar-refractivity contribution >= 4 is 12.1 Å². The van der Waals surface area contributed by atoms with Crippen LogP contribution >= 0.6 is 0 Å². The van der Waals surface area contributed by atoms with Gasteiger partial charge in [0.05, 0.1) is 12.5 Å². The van der Waals surface area contributed by atoms with Crippen molar-refractivity contribution in [3.05, 3.63) is 59.9 Å². The van der Waals surface area contributed by atoms with Crippen LogP contribution in [-0.4, -0.2) is 21.7 Å². The number of nitrogens with one attached hydrogen (secondary N) is 1. The van der Waals surface area contributed by atoms with Crippen LogP contribution in [0.5, 0.6) is 0 Å². The molecule has 1 atom stereocenters. The van der Waals surface area contributed by atoms with Crippen molar-refractivity contribution in [2.45, 2.75) is 19.1 Å². The number of alkyl carbamates (subject to hydrolysis) is 1. The Bertz CT molecular complexity index is 637. The zero-order chi connectivity index (χ0) is 15.9. The Morgan fingerprint density at radius 2 is 1.95 bits per heavy atom. The molecule has 6 nitrogen and oxygen atoms in total. The number of benzene rings is 1. The Hall–Kier alpha value is -2.76. The van der Waals surface area contributed by atoms with E-state index >= 15 is 0 Å². The lowest BCUT2D eigenvalue weighted by Crippen LogP contribution is -2.31. The van der Waals surface area contributed by atoms with Crippen LogP contribution in [-0.2, 0) is 23.2 Å². The molecule has 0 spiro atoms. The Balaban J connectivity index is 1.96. The Kier molecular flexibility index (Phi) is 5.19. The number of carboxylic acid groups (broad SMARTS) is 1. The van der Waals surface area contributed by atoms with Crippen LogP contribution in [0.1, 0.15) is 23.7 Å². The van der Waals surface area contributed by atoms with Crippen LogP contribution in [0.3, 0.4) is 0 Å². The van der Waals surface area contributed by atoms with Gasteiger partial charge in [0.1, 0.15) is 6.61 Å². The molecule has 0 bridgehead atoms. The van der Waals surface area contributed by atoms with Crippen molar-refractivity contribution in [1.82, 2.24) is 9.88 Å². The molecule has 1 amide bonds. The number of aromatic nitrogens is 1. The second-order valence-electron chi connectivity index (χ2n) is 4.90. The van der Waals surface area contributed by atoms with E-state index in [0.29, 0.717) is 5.69 Å². The zero-order valence-electron chi connectivity index (χ0n) is 12.2. The largest absolute Gasteiger partial charge is 0.481 e. The van der Waals surface area contributed by atoms with Crippen LogP contribution in [0.2, 0.25) is 0 Å². The molecule has 0 aliphatic heterocycles. The average Bonchev–Trinajstić information content (AvgIpc) is 2.91. The highest BCUT2D eigenvalue weighted by Gasteiger charge is 2.20. The molecule has 2 N–H and O–H groups in total. The summed E-state index contributed by atoms with van der Waals surface area (Å²) in [6.45, 7) is 0.138. The number of aliphatic carboxylic acids is 1. The maximum Gasteiger partial charge on any atom is 0.408 e. The Morgan fingerprint density at radius 1 is 1.23 bits per heavy atom. The number of ether oxygens (including phenoxy) is 1. The van der Waals surface area contributed by atoms with Gasteiger partial charge in [-0.05, 0) is 17.7 Å². The normalized spacial score (nSPS) is 11.7. The first-order valence-electron chi connectivity index (χ1n) is 6.86. The third-order valence-electron chi connectivity index (χ3n) is 3.22. The third-order valence-corrected chi connectivity index (χ3v) is 3.22. The summed E-state index contributed by atoms with van der Waals surface area (Å²) >= 11 is 0. The van der Waals surface area contributed by atoms with Crippen molar-refractivity contribution in [2.24, 2.45) is 7.05 Å². The minimum absolute atomic E-state index is 0.138. The molecule has 22 heavy (non-hydrogen) atoms. The highest BCUT2D eigenvalue weighted by molar-refractivity contribution is 5.71. The number of carbonyl (C=O) groups excluding carboxylic acids is 1. The SMILES string of the molecule is Cn1cccc1[C@H](CC(=O)O)NC(=O)OCc1ccccc1. The second kappa shape index (κ2) is 7.31. The molecule has 0 saturated heterocycles. The molecule has 116 valence electrons. The van der Waals surface area contributed by atoms with Gasteiger partial charge in [0.15, 0.2) is 0 Å².